The van der Waals surface area contributed by atoms with Crippen molar-refractivity contribution in [1.29, 1.82) is 0 Å². The number of anilines is 2. The molecule has 0 aliphatic carbocycles. The third-order valence-electron chi connectivity index (χ3n) is 3.81. The summed E-state index contributed by atoms with van der Waals surface area (Å²) in [5.74, 6) is 4.25. The number of nitrogens with zero attached hydrogens (tertiary/aromatic N) is 2. The minimum atomic E-state index is -0.576. The van der Waals surface area contributed by atoms with Crippen LogP contribution in [0.25, 0.3) is 6.08 Å². The van der Waals surface area contributed by atoms with Crippen molar-refractivity contribution in [2.75, 3.05) is 17.2 Å². The predicted octanol–water partition coefficient (Wildman–Crippen LogP) is 0.933. The molecule has 2 aromatic rings. The van der Waals surface area contributed by atoms with Gasteiger partial charge in [0, 0.05) is 17.8 Å². The highest BCUT2D eigenvalue weighted by Gasteiger charge is 2.31. The van der Waals surface area contributed by atoms with Gasteiger partial charge in [-0.05, 0) is 42.0 Å². The van der Waals surface area contributed by atoms with Gasteiger partial charge in [0.25, 0.3) is 17.5 Å². The van der Waals surface area contributed by atoms with E-state index in [-0.39, 0.29) is 18.0 Å². The number of hydrogen-bond donors (Lipinski definition) is 3. The van der Waals surface area contributed by atoms with Gasteiger partial charge in [-0.1, -0.05) is 0 Å². The zero-order chi connectivity index (χ0) is 19.6. The molecule has 2 aromatic carbocycles. The van der Waals surface area contributed by atoms with Gasteiger partial charge in [-0.2, -0.15) is 0 Å². The number of nitro groups is 1. The van der Waals surface area contributed by atoms with Crippen LogP contribution in [0.3, 0.4) is 0 Å². The van der Waals surface area contributed by atoms with Gasteiger partial charge < -0.3 is 10.5 Å². The average Bonchev–Trinajstić information content (AvgIpc) is 2.65. The largest absolute Gasteiger partial charge is 0.449 e. The number of amides is 2. The molecular weight excluding hydrogens is 354 g/mol. The van der Waals surface area contributed by atoms with Crippen molar-refractivity contribution in [1.82, 2.24) is 5.43 Å². The lowest BCUT2D eigenvalue weighted by Crippen LogP contribution is -2.45. The number of fused-ring (bicyclic) bond motifs is 1. The molecule has 138 valence electrons. The smallest absolute Gasteiger partial charge is 0.294 e. The summed E-state index contributed by atoms with van der Waals surface area (Å²) in [6.07, 6.45) is 1.43. The Kier molecular flexibility index (Phi) is 4.73. The van der Waals surface area contributed by atoms with E-state index in [0.717, 1.165) is 0 Å². The highest BCUT2D eigenvalue weighted by atomic mass is 16.6. The van der Waals surface area contributed by atoms with Crippen molar-refractivity contribution in [2.24, 2.45) is 5.84 Å². The van der Waals surface area contributed by atoms with Gasteiger partial charge in [-0.25, -0.2) is 5.84 Å². The number of carbonyl (C=O) groups excluding carboxylic acids is 2. The number of ether oxygens (including phenoxy) is 1. The van der Waals surface area contributed by atoms with Crippen LogP contribution in [0.5, 0.6) is 5.75 Å². The molecule has 0 saturated carbocycles. The Morgan fingerprint density at radius 3 is 2.59 bits per heavy atom. The first kappa shape index (κ1) is 17.9. The van der Waals surface area contributed by atoms with Gasteiger partial charge in [-0.3, -0.25) is 30.0 Å². The van der Waals surface area contributed by atoms with Gasteiger partial charge in [0.15, 0.2) is 11.5 Å². The monoisotopic (exact) mass is 369 g/mol. The van der Waals surface area contributed by atoms with E-state index in [9.17, 15) is 19.7 Å². The Hall–Kier alpha value is -3.92. The molecule has 10 heteroatoms. The first-order chi connectivity index (χ1) is 12.9. The number of carbonyl (C=O) groups is 2. The summed E-state index contributed by atoms with van der Waals surface area (Å²) >= 11 is 0. The molecule has 1 aliphatic heterocycles. The van der Waals surface area contributed by atoms with Crippen molar-refractivity contribution in [3.8, 4) is 5.75 Å². The van der Waals surface area contributed by atoms with Crippen LogP contribution in [-0.4, -0.2) is 23.3 Å². The molecule has 10 nitrogen and oxygen atoms in total. The second-order valence-corrected chi connectivity index (χ2v) is 5.65. The summed E-state index contributed by atoms with van der Waals surface area (Å²) < 4.78 is 5.64. The Morgan fingerprint density at radius 2 is 1.96 bits per heavy atom. The number of hydrogen-bond acceptors (Lipinski definition) is 7. The van der Waals surface area contributed by atoms with Gasteiger partial charge in [-0.15, -0.1) is 0 Å². The highest BCUT2D eigenvalue weighted by Crippen LogP contribution is 2.37. The van der Waals surface area contributed by atoms with E-state index in [2.05, 4.69) is 0 Å². The van der Waals surface area contributed by atoms with Gasteiger partial charge >= 0.3 is 0 Å². The van der Waals surface area contributed by atoms with Crippen LogP contribution >= 0.6 is 0 Å². The van der Waals surface area contributed by atoms with Gasteiger partial charge in [0.2, 0.25) is 0 Å². The molecule has 2 amide bonds. The minimum absolute atomic E-state index is 0.0501. The lowest BCUT2D eigenvalue weighted by atomic mass is 10.1. The second-order valence-electron chi connectivity index (χ2n) is 5.65. The molecule has 0 aromatic heterocycles. The zero-order valence-electron chi connectivity index (χ0n) is 13.9. The Bertz CT molecular complexity index is 955. The SMILES string of the molecule is NNC(=O)CN1C(=O)/C(=C\c2ccc([N+](=O)[O-])cc2)Oc2ccc(N)cc21. The summed E-state index contributed by atoms with van der Waals surface area (Å²) in [4.78, 5) is 35.9. The molecule has 27 heavy (non-hydrogen) atoms. The Morgan fingerprint density at radius 1 is 1.26 bits per heavy atom. The summed E-state index contributed by atoms with van der Waals surface area (Å²) in [6.45, 7) is -0.327. The molecular formula is C17H15N5O5. The Labute approximate surface area is 153 Å². The number of rotatable bonds is 4. The normalized spacial score (nSPS) is 14.5. The van der Waals surface area contributed by atoms with Crippen molar-refractivity contribution in [2.45, 2.75) is 0 Å². The maximum atomic E-state index is 12.8. The highest BCUT2D eigenvalue weighted by molar-refractivity contribution is 6.12. The van der Waals surface area contributed by atoms with E-state index in [1.54, 1.807) is 12.1 Å². The van der Waals surface area contributed by atoms with Crippen molar-refractivity contribution in [3.63, 3.8) is 0 Å². The number of benzene rings is 2. The van der Waals surface area contributed by atoms with Crippen LogP contribution in [0.4, 0.5) is 17.1 Å². The van der Waals surface area contributed by atoms with E-state index < -0.39 is 16.7 Å². The van der Waals surface area contributed by atoms with Crippen molar-refractivity contribution >= 4 is 35.0 Å². The second kappa shape index (κ2) is 7.14. The lowest BCUT2D eigenvalue weighted by Gasteiger charge is -2.30. The first-order valence-corrected chi connectivity index (χ1v) is 7.74. The summed E-state index contributed by atoms with van der Waals surface area (Å²) in [5.41, 5.74) is 8.91. The van der Waals surface area contributed by atoms with Gasteiger partial charge in [0.1, 0.15) is 6.54 Å². The topological polar surface area (TPSA) is 154 Å². The number of nitro benzene ring substituents is 1. The van der Waals surface area contributed by atoms with Crippen LogP contribution < -0.4 is 26.6 Å². The lowest BCUT2D eigenvalue weighted by molar-refractivity contribution is -0.384. The quantitative estimate of drug-likeness (QED) is 0.181. The number of hydrazine groups is 1. The third kappa shape index (κ3) is 3.70. The maximum Gasteiger partial charge on any atom is 0.294 e. The maximum absolute atomic E-state index is 12.8. The third-order valence-corrected chi connectivity index (χ3v) is 3.81. The summed E-state index contributed by atoms with van der Waals surface area (Å²) in [5, 5.41) is 10.7. The number of non-ortho nitro benzene ring substituents is 1. The Balaban J connectivity index is 1.99. The van der Waals surface area contributed by atoms with Gasteiger partial charge in [0.05, 0.1) is 10.6 Å². The number of nitrogen functional groups attached to an aromatic ring is 1. The molecule has 5 N–H and O–H groups in total. The van der Waals surface area contributed by atoms with Crippen molar-refractivity contribution in [3.05, 3.63) is 63.9 Å². The molecule has 0 bridgehead atoms. The van der Waals surface area contributed by atoms with Crippen LogP contribution in [-0.2, 0) is 9.59 Å². The summed E-state index contributed by atoms with van der Waals surface area (Å²) in [6, 6.07) is 10.3. The predicted molar refractivity (Wildman–Crippen MR) is 97.2 cm³/mol. The fourth-order valence-corrected chi connectivity index (χ4v) is 2.52. The molecule has 1 heterocycles. The minimum Gasteiger partial charge on any atom is -0.449 e. The average molecular weight is 369 g/mol. The van der Waals surface area contributed by atoms with Crippen LogP contribution in [0.1, 0.15) is 5.56 Å². The van der Waals surface area contributed by atoms with E-state index in [1.165, 1.54) is 41.3 Å². The number of nitrogens with two attached hydrogens (primary N) is 2. The van der Waals surface area contributed by atoms with Crippen LogP contribution in [0.15, 0.2) is 48.2 Å². The van der Waals surface area contributed by atoms with E-state index >= 15 is 0 Å². The fraction of sp³-hybridized carbons (Fsp3) is 0.0588. The van der Waals surface area contributed by atoms with E-state index in [0.29, 0.717) is 22.7 Å². The summed E-state index contributed by atoms with van der Waals surface area (Å²) in [7, 11) is 0. The van der Waals surface area contributed by atoms with E-state index in [1.807, 2.05) is 5.43 Å². The molecule has 0 fully saturated rings. The molecule has 0 atom stereocenters. The molecule has 0 saturated heterocycles. The molecule has 0 spiro atoms. The molecule has 1 aliphatic rings. The van der Waals surface area contributed by atoms with Crippen LogP contribution in [0.2, 0.25) is 0 Å². The fourth-order valence-electron chi connectivity index (χ4n) is 2.52. The number of nitrogens with one attached hydrogen (secondary N) is 1. The standard InChI is InChI=1S/C17H15N5O5/c18-11-3-6-14-13(8-11)21(9-16(23)20-19)17(24)15(27-14)7-10-1-4-12(5-2-10)22(25)26/h1-8H,9,18-19H2,(H,20,23)/b15-7+. The van der Waals surface area contributed by atoms with Crippen LogP contribution in [0, 0.1) is 10.1 Å². The zero-order valence-corrected chi connectivity index (χ0v) is 13.9. The van der Waals surface area contributed by atoms with E-state index in [4.69, 9.17) is 16.3 Å². The molecule has 0 radical (unpaired) electrons. The van der Waals surface area contributed by atoms with Crippen molar-refractivity contribution < 1.29 is 19.2 Å². The molecule has 3 rings (SSSR count). The first-order valence-electron chi connectivity index (χ1n) is 7.74. The molecule has 0 unspecified atom stereocenters.